The molecule has 1 fully saturated rings. The van der Waals surface area contributed by atoms with Gasteiger partial charge in [-0.25, -0.2) is 13.4 Å². The third-order valence-electron chi connectivity index (χ3n) is 4.08. The molecule has 2 aromatic rings. The van der Waals surface area contributed by atoms with Gasteiger partial charge in [0, 0.05) is 24.0 Å². The minimum Gasteiger partial charge on any atom is -0.481 e. The fourth-order valence-electron chi connectivity index (χ4n) is 2.90. The Morgan fingerprint density at radius 3 is 2.67 bits per heavy atom. The maximum Gasteiger partial charge on any atom is 0.307 e. The van der Waals surface area contributed by atoms with Crippen molar-refractivity contribution in [2.45, 2.75) is 18.4 Å². The first-order chi connectivity index (χ1) is 11.4. The fraction of sp³-hybridized carbons (Fsp3) is 0.375. The number of piperidine rings is 1. The second-order valence-electron chi connectivity index (χ2n) is 6.05. The molecule has 1 aliphatic rings. The zero-order valence-corrected chi connectivity index (χ0v) is 14.8. The highest BCUT2D eigenvalue weighted by atomic mass is 32.2. The topological polar surface area (TPSA) is 87.6 Å². The second kappa shape index (κ2) is 6.62. The van der Waals surface area contributed by atoms with Gasteiger partial charge >= 0.3 is 5.97 Å². The van der Waals surface area contributed by atoms with Crippen LogP contribution < -0.4 is 0 Å². The molecule has 2 atom stereocenters. The number of thiazole rings is 1. The number of sulfonamides is 1. The van der Waals surface area contributed by atoms with Crippen molar-refractivity contribution in [3.8, 4) is 10.6 Å². The highest BCUT2D eigenvalue weighted by molar-refractivity contribution is 7.89. The molecule has 0 amide bonds. The van der Waals surface area contributed by atoms with Gasteiger partial charge in [0.1, 0.15) is 5.01 Å². The van der Waals surface area contributed by atoms with Gasteiger partial charge in [-0.1, -0.05) is 37.3 Å². The summed E-state index contributed by atoms with van der Waals surface area (Å²) in [4.78, 5) is 15.5. The number of nitrogens with zero attached hydrogens (tertiary/aromatic N) is 2. The minimum atomic E-state index is -3.78. The maximum atomic E-state index is 12.8. The molecule has 2 heterocycles. The summed E-state index contributed by atoms with van der Waals surface area (Å²) >= 11 is 1.27. The molecule has 1 saturated heterocycles. The molecule has 6 nitrogen and oxygen atoms in total. The quantitative estimate of drug-likeness (QED) is 0.898. The fourth-order valence-corrected chi connectivity index (χ4v) is 5.58. The van der Waals surface area contributed by atoms with E-state index in [1.807, 2.05) is 37.3 Å². The van der Waals surface area contributed by atoms with Crippen LogP contribution in [0.5, 0.6) is 0 Å². The monoisotopic (exact) mass is 366 g/mol. The zero-order chi connectivity index (χ0) is 17.3. The number of aliphatic carboxylic acids is 1. The van der Waals surface area contributed by atoms with Crippen LogP contribution in [-0.2, 0) is 14.8 Å². The molecule has 3 rings (SSSR count). The molecule has 1 aromatic heterocycles. The zero-order valence-electron chi connectivity index (χ0n) is 13.1. The van der Waals surface area contributed by atoms with E-state index in [4.69, 9.17) is 0 Å². The molecule has 0 spiro atoms. The van der Waals surface area contributed by atoms with Crippen molar-refractivity contribution in [2.75, 3.05) is 13.1 Å². The van der Waals surface area contributed by atoms with Crippen LogP contribution in [0, 0.1) is 11.8 Å². The third kappa shape index (κ3) is 3.35. The summed E-state index contributed by atoms with van der Waals surface area (Å²) in [5, 5.41) is 11.4. The van der Waals surface area contributed by atoms with Crippen molar-refractivity contribution in [3.63, 3.8) is 0 Å². The van der Waals surface area contributed by atoms with Crippen LogP contribution in [-0.4, -0.2) is 41.9 Å². The summed E-state index contributed by atoms with van der Waals surface area (Å²) in [6.45, 7) is 2.19. The van der Waals surface area contributed by atoms with Crippen molar-refractivity contribution >= 4 is 27.3 Å². The molecule has 0 bridgehead atoms. The van der Waals surface area contributed by atoms with Crippen LogP contribution in [0.2, 0.25) is 0 Å². The highest BCUT2D eigenvalue weighted by Gasteiger charge is 2.37. The van der Waals surface area contributed by atoms with Crippen molar-refractivity contribution < 1.29 is 18.3 Å². The van der Waals surface area contributed by atoms with Gasteiger partial charge in [-0.3, -0.25) is 4.79 Å². The summed E-state index contributed by atoms with van der Waals surface area (Å²) < 4.78 is 26.9. The molecule has 1 aromatic carbocycles. The number of carbonyl (C=O) groups is 1. The number of hydrogen-bond donors (Lipinski definition) is 1. The van der Waals surface area contributed by atoms with Crippen LogP contribution in [0.4, 0.5) is 0 Å². The van der Waals surface area contributed by atoms with E-state index >= 15 is 0 Å². The van der Waals surface area contributed by atoms with Gasteiger partial charge in [-0.15, -0.1) is 11.3 Å². The Labute approximate surface area is 144 Å². The Balaban J connectivity index is 1.88. The molecule has 0 radical (unpaired) electrons. The molecule has 8 heteroatoms. The molecule has 128 valence electrons. The van der Waals surface area contributed by atoms with Crippen LogP contribution in [0.15, 0.2) is 40.7 Å². The first-order valence-electron chi connectivity index (χ1n) is 7.62. The Bertz CT molecular complexity index is 833. The van der Waals surface area contributed by atoms with Gasteiger partial charge in [-0.05, 0) is 12.3 Å². The number of benzene rings is 1. The number of aromatic nitrogens is 1. The number of carboxylic acid groups (broad SMARTS) is 1. The molecule has 0 aliphatic carbocycles. The predicted octanol–water partition coefficient (Wildman–Crippen LogP) is 2.54. The lowest BCUT2D eigenvalue weighted by molar-refractivity contribution is -0.143. The Morgan fingerprint density at radius 2 is 2.00 bits per heavy atom. The van der Waals surface area contributed by atoms with Gasteiger partial charge in [0.05, 0.1) is 5.92 Å². The van der Waals surface area contributed by atoms with Gasteiger partial charge in [0.2, 0.25) is 0 Å². The summed E-state index contributed by atoms with van der Waals surface area (Å²) in [6, 6.07) is 9.37. The Morgan fingerprint density at radius 1 is 1.29 bits per heavy atom. The summed E-state index contributed by atoms with van der Waals surface area (Å²) in [5.41, 5.74) is 0.861. The van der Waals surface area contributed by atoms with Gasteiger partial charge in [0.25, 0.3) is 10.0 Å². The van der Waals surface area contributed by atoms with E-state index in [0.29, 0.717) is 18.0 Å². The lowest BCUT2D eigenvalue weighted by Crippen LogP contribution is -2.45. The van der Waals surface area contributed by atoms with E-state index in [1.165, 1.54) is 21.0 Å². The number of hydrogen-bond acceptors (Lipinski definition) is 5. The van der Waals surface area contributed by atoms with Crippen molar-refractivity contribution in [2.24, 2.45) is 11.8 Å². The van der Waals surface area contributed by atoms with E-state index in [-0.39, 0.29) is 17.5 Å². The van der Waals surface area contributed by atoms with E-state index in [2.05, 4.69) is 4.98 Å². The van der Waals surface area contributed by atoms with E-state index < -0.39 is 21.9 Å². The molecule has 1 N–H and O–H groups in total. The Hall–Kier alpha value is -1.77. The lowest BCUT2D eigenvalue weighted by atomic mass is 9.92. The van der Waals surface area contributed by atoms with Crippen LogP contribution in [0.3, 0.4) is 0 Å². The first-order valence-corrected chi connectivity index (χ1v) is 9.94. The molecule has 24 heavy (non-hydrogen) atoms. The second-order valence-corrected chi connectivity index (χ2v) is 8.80. The van der Waals surface area contributed by atoms with Crippen LogP contribution >= 0.6 is 11.3 Å². The molecule has 0 saturated carbocycles. The Kier molecular flexibility index (Phi) is 4.71. The minimum absolute atomic E-state index is 0.000202. The van der Waals surface area contributed by atoms with Crippen LogP contribution in [0.1, 0.15) is 13.3 Å². The SMILES string of the molecule is CC1CC(C(=O)O)CN(S(=O)(=O)c2csc(-c3ccccc3)n2)C1. The van der Waals surface area contributed by atoms with E-state index in [9.17, 15) is 18.3 Å². The van der Waals surface area contributed by atoms with Gasteiger partial charge in [-0.2, -0.15) is 4.31 Å². The van der Waals surface area contributed by atoms with Crippen LogP contribution in [0.25, 0.3) is 10.6 Å². The first kappa shape index (κ1) is 17.1. The number of rotatable bonds is 4. The molecule has 2 unspecified atom stereocenters. The largest absolute Gasteiger partial charge is 0.481 e. The summed E-state index contributed by atoms with van der Waals surface area (Å²) in [7, 11) is -3.78. The summed E-state index contributed by atoms with van der Waals surface area (Å²) in [6.07, 6.45) is 0.494. The van der Waals surface area contributed by atoms with Crippen molar-refractivity contribution in [1.29, 1.82) is 0 Å². The smallest absolute Gasteiger partial charge is 0.307 e. The van der Waals surface area contributed by atoms with E-state index in [1.54, 1.807) is 0 Å². The standard InChI is InChI=1S/C16H18N2O4S2/c1-11-7-13(16(19)20)9-18(8-11)24(21,22)14-10-23-15(17-14)12-5-3-2-4-6-12/h2-6,10-11,13H,7-9H2,1H3,(H,19,20). The lowest BCUT2D eigenvalue weighted by Gasteiger charge is -2.33. The maximum absolute atomic E-state index is 12.8. The van der Waals surface area contributed by atoms with Crippen molar-refractivity contribution in [3.05, 3.63) is 35.7 Å². The average molecular weight is 366 g/mol. The average Bonchev–Trinajstić information content (AvgIpc) is 3.06. The normalized spacial score (nSPS) is 22.4. The van der Waals surface area contributed by atoms with Crippen molar-refractivity contribution in [1.82, 2.24) is 9.29 Å². The number of carboxylic acids is 1. The predicted molar refractivity (Wildman–Crippen MR) is 91.2 cm³/mol. The molecular weight excluding hydrogens is 348 g/mol. The third-order valence-corrected chi connectivity index (χ3v) is 6.84. The summed E-state index contributed by atoms with van der Waals surface area (Å²) in [5.74, 6) is -1.62. The molecular formula is C16H18N2O4S2. The highest BCUT2D eigenvalue weighted by Crippen LogP contribution is 2.30. The van der Waals surface area contributed by atoms with Gasteiger partial charge in [0.15, 0.2) is 5.03 Å². The van der Waals surface area contributed by atoms with E-state index in [0.717, 1.165) is 5.56 Å². The van der Waals surface area contributed by atoms with Gasteiger partial charge < -0.3 is 5.11 Å². The molecule has 1 aliphatic heterocycles.